The van der Waals surface area contributed by atoms with Crippen molar-refractivity contribution in [1.82, 2.24) is 0 Å². The van der Waals surface area contributed by atoms with Gasteiger partial charge in [-0.05, 0) is 55.3 Å². The molecule has 1 aliphatic rings. The molecular formula is C21H19NO2S2. The highest BCUT2D eigenvalue weighted by Gasteiger charge is 2.33. The number of carbonyl (C=O) groups is 1. The lowest BCUT2D eigenvalue weighted by Gasteiger charge is -2.15. The van der Waals surface area contributed by atoms with Gasteiger partial charge in [0.2, 0.25) is 0 Å². The van der Waals surface area contributed by atoms with Crippen LogP contribution < -0.4 is 9.64 Å². The van der Waals surface area contributed by atoms with Crippen LogP contribution in [0.1, 0.15) is 19.4 Å². The van der Waals surface area contributed by atoms with Gasteiger partial charge in [0.15, 0.2) is 4.32 Å². The lowest BCUT2D eigenvalue weighted by atomic mass is 10.1. The predicted molar refractivity (Wildman–Crippen MR) is 113 cm³/mol. The minimum Gasteiger partial charge on any atom is -0.494 e. The Morgan fingerprint density at radius 3 is 2.50 bits per heavy atom. The zero-order valence-electron chi connectivity index (χ0n) is 14.6. The van der Waals surface area contributed by atoms with Crippen LogP contribution in [0.15, 0.2) is 71.2 Å². The summed E-state index contributed by atoms with van der Waals surface area (Å²) in [4.78, 5) is 15.0. The molecule has 3 nitrogen and oxygen atoms in total. The van der Waals surface area contributed by atoms with Crippen molar-refractivity contribution in [2.75, 3.05) is 11.5 Å². The molecule has 1 fully saturated rings. The minimum atomic E-state index is -0.0926. The first kappa shape index (κ1) is 18.4. The average molecular weight is 382 g/mol. The fourth-order valence-electron chi connectivity index (χ4n) is 2.61. The summed E-state index contributed by atoms with van der Waals surface area (Å²) in [5.41, 5.74) is 2.86. The van der Waals surface area contributed by atoms with Crippen LogP contribution in [0, 0.1) is 0 Å². The molecule has 0 spiro atoms. The Labute approximate surface area is 163 Å². The SMILES string of the molecule is CCOc1ccc(N2C(=O)/C(=C\C(C)=C/c3ccccc3)SC2=S)cc1. The van der Waals surface area contributed by atoms with E-state index in [4.69, 9.17) is 17.0 Å². The maximum Gasteiger partial charge on any atom is 0.270 e. The molecule has 26 heavy (non-hydrogen) atoms. The van der Waals surface area contributed by atoms with E-state index in [0.29, 0.717) is 15.8 Å². The van der Waals surface area contributed by atoms with E-state index in [1.54, 1.807) is 4.90 Å². The van der Waals surface area contributed by atoms with Crippen molar-refractivity contribution in [2.24, 2.45) is 0 Å². The lowest BCUT2D eigenvalue weighted by Crippen LogP contribution is -2.27. The Morgan fingerprint density at radius 1 is 1.15 bits per heavy atom. The van der Waals surface area contributed by atoms with Crippen molar-refractivity contribution in [3.8, 4) is 5.75 Å². The van der Waals surface area contributed by atoms with Crippen molar-refractivity contribution < 1.29 is 9.53 Å². The van der Waals surface area contributed by atoms with Crippen molar-refractivity contribution >= 4 is 46.0 Å². The summed E-state index contributed by atoms with van der Waals surface area (Å²) in [6.45, 7) is 4.53. The van der Waals surface area contributed by atoms with Crippen LogP contribution in [0.25, 0.3) is 6.08 Å². The average Bonchev–Trinajstić information content (AvgIpc) is 2.90. The summed E-state index contributed by atoms with van der Waals surface area (Å²) in [6.07, 6.45) is 3.93. The van der Waals surface area contributed by atoms with Gasteiger partial charge in [0.25, 0.3) is 5.91 Å². The molecule has 2 aromatic rings. The number of anilines is 1. The van der Waals surface area contributed by atoms with Gasteiger partial charge in [0, 0.05) is 0 Å². The third-order valence-corrected chi connectivity index (χ3v) is 5.05. The normalized spacial score (nSPS) is 16.5. The Hall–Kier alpha value is -2.37. The van der Waals surface area contributed by atoms with Crippen molar-refractivity contribution in [2.45, 2.75) is 13.8 Å². The van der Waals surface area contributed by atoms with Gasteiger partial charge < -0.3 is 4.74 Å². The van der Waals surface area contributed by atoms with Gasteiger partial charge in [-0.15, -0.1) is 0 Å². The van der Waals surface area contributed by atoms with Crippen molar-refractivity contribution in [1.29, 1.82) is 0 Å². The topological polar surface area (TPSA) is 29.5 Å². The molecule has 5 heteroatoms. The molecule has 3 rings (SSSR count). The first-order valence-electron chi connectivity index (χ1n) is 8.32. The fourth-order valence-corrected chi connectivity index (χ4v) is 3.96. The highest BCUT2D eigenvalue weighted by molar-refractivity contribution is 8.27. The molecule has 1 amide bonds. The van der Waals surface area contributed by atoms with Gasteiger partial charge in [-0.25, -0.2) is 0 Å². The second kappa shape index (κ2) is 8.34. The quantitative estimate of drug-likeness (QED) is 0.510. The molecule has 0 unspecified atom stereocenters. The molecule has 0 atom stereocenters. The third-order valence-electron chi connectivity index (χ3n) is 3.75. The minimum absolute atomic E-state index is 0.0926. The van der Waals surface area contributed by atoms with Crippen LogP contribution >= 0.6 is 24.0 Å². The van der Waals surface area contributed by atoms with Gasteiger partial charge in [-0.1, -0.05) is 60.4 Å². The van der Waals surface area contributed by atoms with E-state index >= 15 is 0 Å². The maximum atomic E-state index is 12.8. The zero-order valence-corrected chi connectivity index (χ0v) is 16.3. The van der Waals surface area contributed by atoms with Gasteiger partial charge in [-0.2, -0.15) is 0 Å². The van der Waals surface area contributed by atoms with Crippen LogP contribution in [0.4, 0.5) is 5.69 Å². The number of hydrogen-bond acceptors (Lipinski definition) is 4. The number of amides is 1. The first-order chi connectivity index (χ1) is 12.6. The number of rotatable bonds is 5. The van der Waals surface area contributed by atoms with Gasteiger partial charge in [0.1, 0.15) is 5.75 Å². The summed E-state index contributed by atoms with van der Waals surface area (Å²) in [7, 11) is 0. The standard InChI is InChI=1S/C21H19NO2S2/c1-3-24-18-11-9-17(10-12-18)22-20(23)19(26-21(22)25)14-15(2)13-16-7-5-4-6-8-16/h4-14H,3H2,1-2H3/b15-13-,19-14+. The largest absolute Gasteiger partial charge is 0.494 e. The summed E-state index contributed by atoms with van der Waals surface area (Å²) < 4.78 is 5.99. The predicted octanol–water partition coefficient (Wildman–Crippen LogP) is 5.44. The molecule has 2 aromatic carbocycles. The smallest absolute Gasteiger partial charge is 0.270 e. The van der Waals surface area contributed by atoms with E-state index in [0.717, 1.165) is 22.6 Å². The van der Waals surface area contributed by atoms with E-state index in [1.807, 2.05) is 80.6 Å². The second-order valence-electron chi connectivity index (χ2n) is 5.74. The molecule has 0 saturated carbocycles. The van der Waals surface area contributed by atoms with E-state index in [2.05, 4.69) is 0 Å². The Kier molecular flexibility index (Phi) is 5.91. The second-order valence-corrected chi connectivity index (χ2v) is 7.42. The molecule has 0 aliphatic carbocycles. The molecule has 1 heterocycles. The van der Waals surface area contributed by atoms with Crippen LogP contribution in [0.5, 0.6) is 5.75 Å². The van der Waals surface area contributed by atoms with Gasteiger partial charge in [-0.3, -0.25) is 9.69 Å². The van der Waals surface area contributed by atoms with E-state index in [1.165, 1.54) is 11.8 Å². The monoisotopic (exact) mass is 381 g/mol. The van der Waals surface area contributed by atoms with Crippen LogP contribution in [0.2, 0.25) is 0 Å². The van der Waals surface area contributed by atoms with E-state index in [9.17, 15) is 4.79 Å². The van der Waals surface area contributed by atoms with E-state index in [-0.39, 0.29) is 5.91 Å². The Bertz CT molecular complexity index is 871. The number of ether oxygens (including phenoxy) is 1. The number of thiocarbonyl (C=S) groups is 1. The Balaban J connectivity index is 1.81. The molecule has 1 aliphatic heterocycles. The van der Waals surface area contributed by atoms with Crippen molar-refractivity contribution in [3.05, 3.63) is 76.7 Å². The number of thioether (sulfide) groups is 1. The summed E-state index contributed by atoms with van der Waals surface area (Å²) in [6, 6.07) is 17.4. The zero-order chi connectivity index (χ0) is 18.5. The molecule has 1 saturated heterocycles. The lowest BCUT2D eigenvalue weighted by molar-refractivity contribution is -0.113. The van der Waals surface area contributed by atoms with Crippen LogP contribution in [-0.4, -0.2) is 16.8 Å². The highest BCUT2D eigenvalue weighted by Crippen LogP contribution is 2.36. The maximum absolute atomic E-state index is 12.8. The molecular weight excluding hydrogens is 362 g/mol. The number of nitrogens with zero attached hydrogens (tertiary/aromatic N) is 1. The molecule has 0 N–H and O–H groups in total. The highest BCUT2D eigenvalue weighted by atomic mass is 32.2. The van der Waals surface area contributed by atoms with Crippen molar-refractivity contribution in [3.63, 3.8) is 0 Å². The summed E-state index contributed by atoms with van der Waals surface area (Å²) in [5.74, 6) is 0.684. The summed E-state index contributed by atoms with van der Waals surface area (Å²) >= 11 is 6.75. The molecule has 0 radical (unpaired) electrons. The fraction of sp³-hybridized carbons (Fsp3) is 0.143. The third kappa shape index (κ3) is 4.23. The van der Waals surface area contributed by atoms with Crippen LogP contribution in [-0.2, 0) is 4.79 Å². The number of carbonyl (C=O) groups excluding carboxylic acids is 1. The number of hydrogen-bond donors (Lipinski definition) is 0. The number of benzene rings is 2. The first-order valence-corrected chi connectivity index (χ1v) is 9.55. The molecule has 0 aromatic heterocycles. The van der Waals surface area contributed by atoms with Gasteiger partial charge >= 0.3 is 0 Å². The Morgan fingerprint density at radius 2 is 1.85 bits per heavy atom. The molecule has 0 bridgehead atoms. The van der Waals surface area contributed by atoms with Gasteiger partial charge in [0.05, 0.1) is 17.2 Å². The summed E-state index contributed by atoms with van der Waals surface area (Å²) in [5, 5.41) is 0. The van der Waals surface area contributed by atoms with E-state index < -0.39 is 0 Å². The number of allylic oxidation sites excluding steroid dienone is 2. The molecule has 132 valence electrons. The van der Waals surface area contributed by atoms with Crippen LogP contribution in [0.3, 0.4) is 0 Å².